The zero-order chi connectivity index (χ0) is 11.5. The Morgan fingerprint density at radius 2 is 2.27 bits per heavy atom. The summed E-state index contributed by atoms with van der Waals surface area (Å²) in [5.74, 6) is -0.184. The van der Waals surface area contributed by atoms with Gasteiger partial charge in [0.15, 0.2) is 5.67 Å². The van der Waals surface area contributed by atoms with Crippen LogP contribution in [0.3, 0.4) is 0 Å². The molecule has 0 aliphatic rings. The van der Waals surface area contributed by atoms with Crippen LogP contribution in [0, 0.1) is 5.92 Å². The lowest BCUT2D eigenvalue weighted by molar-refractivity contribution is 0.0969. The fourth-order valence-electron chi connectivity index (χ4n) is 1.59. The smallest absolute Gasteiger partial charge is 0.168 e. The third-order valence-corrected chi connectivity index (χ3v) is 2.69. The van der Waals surface area contributed by atoms with E-state index in [2.05, 4.69) is 10.3 Å². The van der Waals surface area contributed by atoms with E-state index in [9.17, 15) is 4.39 Å². The number of halogens is 1. The monoisotopic (exact) mass is 214 g/mol. The fourth-order valence-corrected chi connectivity index (χ4v) is 1.59. The van der Waals surface area contributed by atoms with Crippen molar-refractivity contribution in [2.45, 2.75) is 39.4 Å². The molecule has 1 heterocycles. The summed E-state index contributed by atoms with van der Waals surface area (Å²) >= 11 is 0. The second-order valence-corrected chi connectivity index (χ2v) is 4.06. The summed E-state index contributed by atoms with van der Waals surface area (Å²) in [4.78, 5) is 0. The Bertz CT molecular complexity index is 310. The highest BCUT2D eigenvalue weighted by Gasteiger charge is 2.37. The van der Waals surface area contributed by atoms with Crippen LogP contribution in [0.1, 0.15) is 32.9 Å². The van der Waals surface area contributed by atoms with Crippen LogP contribution in [0.25, 0.3) is 0 Å². The van der Waals surface area contributed by atoms with Gasteiger partial charge in [-0.2, -0.15) is 0 Å². The Morgan fingerprint density at radius 1 is 1.60 bits per heavy atom. The Hall–Kier alpha value is -0.970. The van der Waals surface area contributed by atoms with E-state index >= 15 is 0 Å². The molecule has 0 saturated carbocycles. The minimum atomic E-state index is -1.53. The summed E-state index contributed by atoms with van der Waals surface area (Å²) in [6.07, 6.45) is 2.37. The van der Waals surface area contributed by atoms with Gasteiger partial charge in [0.05, 0.1) is 11.9 Å². The third kappa shape index (κ3) is 2.17. The molecule has 1 atom stereocenters. The molecule has 0 saturated heterocycles. The van der Waals surface area contributed by atoms with Gasteiger partial charge in [-0.15, -0.1) is 5.10 Å². The maximum atomic E-state index is 14.6. The summed E-state index contributed by atoms with van der Waals surface area (Å²) in [5.41, 5.74) is 4.48. The number of hydrogen-bond donors (Lipinski definition) is 1. The van der Waals surface area contributed by atoms with E-state index in [1.54, 1.807) is 4.68 Å². The summed E-state index contributed by atoms with van der Waals surface area (Å²) < 4.78 is 16.2. The van der Waals surface area contributed by atoms with Crippen molar-refractivity contribution in [1.82, 2.24) is 15.0 Å². The topological polar surface area (TPSA) is 56.7 Å². The van der Waals surface area contributed by atoms with Crippen LogP contribution in [0.4, 0.5) is 4.39 Å². The standard InChI is InChI=1S/C10H19FN4/c1-4-5-15-9(6-13-14-15)10(11,7-12)8(2)3/h6,8H,4-5,7,12H2,1-3H3. The second kappa shape index (κ2) is 4.70. The molecular formula is C10H19FN4. The number of aromatic nitrogens is 3. The number of nitrogens with two attached hydrogens (primary N) is 1. The van der Waals surface area contributed by atoms with Crippen molar-refractivity contribution in [2.24, 2.45) is 11.7 Å². The van der Waals surface area contributed by atoms with Crippen molar-refractivity contribution in [3.05, 3.63) is 11.9 Å². The van der Waals surface area contributed by atoms with Gasteiger partial charge >= 0.3 is 0 Å². The highest BCUT2D eigenvalue weighted by molar-refractivity contribution is 5.10. The largest absolute Gasteiger partial charge is 0.327 e. The average molecular weight is 214 g/mol. The van der Waals surface area contributed by atoms with E-state index in [0.717, 1.165) is 6.42 Å². The van der Waals surface area contributed by atoms with Crippen LogP contribution in [0.2, 0.25) is 0 Å². The molecule has 1 aromatic rings. The van der Waals surface area contributed by atoms with Crippen molar-refractivity contribution in [2.75, 3.05) is 6.54 Å². The molecule has 0 fully saturated rings. The van der Waals surface area contributed by atoms with E-state index in [4.69, 9.17) is 5.73 Å². The zero-order valence-electron chi connectivity index (χ0n) is 9.57. The predicted molar refractivity (Wildman–Crippen MR) is 57.0 cm³/mol. The lowest BCUT2D eigenvalue weighted by atomic mass is 9.89. The molecular weight excluding hydrogens is 195 g/mol. The first-order valence-electron chi connectivity index (χ1n) is 5.34. The van der Waals surface area contributed by atoms with Crippen LogP contribution in [0.5, 0.6) is 0 Å². The second-order valence-electron chi connectivity index (χ2n) is 4.06. The number of nitrogens with zero attached hydrogens (tertiary/aromatic N) is 3. The Labute approximate surface area is 89.7 Å². The maximum Gasteiger partial charge on any atom is 0.168 e. The molecule has 0 bridgehead atoms. The molecule has 15 heavy (non-hydrogen) atoms. The van der Waals surface area contributed by atoms with Gasteiger partial charge in [-0.3, -0.25) is 0 Å². The van der Waals surface area contributed by atoms with Gasteiger partial charge in [-0.25, -0.2) is 9.07 Å². The Balaban J connectivity index is 3.06. The van der Waals surface area contributed by atoms with Crippen LogP contribution >= 0.6 is 0 Å². The van der Waals surface area contributed by atoms with E-state index < -0.39 is 5.67 Å². The number of alkyl halides is 1. The van der Waals surface area contributed by atoms with Crippen LogP contribution in [0.15, 0.2) is 6.20 Å². The van der Waals surface area contributed by atoms with Crippen molar-refractivity contribution in [3.63, 3.8) is 0 Å². The summed E-state index contributed by atoms with van der Waals surface area (Å²) in [6.45, 7) is 6.28. The van der Waals surface area contributed by atoms with Crippen molar-refractivity contribution < 1.29 is 4.39 Å². The molecule has 0 aliphatic carbocycles. The first kappa shape index (κ1) is 12.1. The Kier molecular flexibility index (Phi) is 3.79. The number of aryl methyl sites for hydroxylation is 1. The van der Waals surface area contributed by atoms with Gasteiger partial charge in [-0.1, -0.05) is 26.0 Å². The van der Waals surface area contributed by atoms with Crippen molar-refractivity contribution in [3.8, 4) is 0 Å². The number of hydrogen-bond acceptors (Lipinski definition) is 3. The van der Waals surface area contributed by atoms with E-state index in [0.29, 0.717) is 12.2 Å². The molecule has 1 unspecified atom stereocenters. The molecule has 0 aliphatic heterocycles. The first-order valence-corrected chi connectivity index (χ1v) is 5.34. The van der Waals surface area contributed by atoms with Gasteiger partial charge in [0.1, 0.15) is 0 Å². The molecule has 0 aromatic carbocycles. The average Bonchev–Trinajstić information content (AvgIpc) is 2.65. The highest BCUT2D eigenvalue weighted by Crippen LogP contribution is 2.32. The highest BCUT2D eigenvalue weighted by atomic mass is 19.1. The quantitative estimate of drug-likeness (QED) is 0.807. The summed E-state index contributed by atoms with van der Waals surface area (Å²) in [6, 6.07) is 0. The molecule has 0 spiro atoms. The zero-order valence-corrected chi connectivity index (χ0v) is 9.57. The lowest BCUT2D eigenvalue weighted by Gasteiger charge is -2.27. The van der Waals surface area contributed by atoms with Gasteiger partial charge in [0.25, 0.3) is 0 Å². The molecule has 1 rings (SSSR count). The van der Waals surface area contributed by atoms with E-state index in [1.165, 1.54) is 6.20 Å². The molecule has 2 N–H and O–H groups in total. The minimum Gasteiger partial charge on any atom is -0.327 e. The summed E-state index contributed by atoms with van der Waals surface area (Å²) in [5, 5.41) is 7.63. The fraction of sp³-hybridized carbons (Fsp3) is 0.800. The molecule has 4 nitrogen and oxygen atoms in total. The van der Waals surface area contributed by atoms with Crippen LogP contribution in [-0.4, -0.2) is 21.5 Å². The van der Waals surface area contributed by atoms with Gasteiger partial charge in [-0.05, 0) is 12.3 Å². The molecule has 86 valence electrons. The predicted octanol–water partition coefficient (Wildman–Crippen LogP) is 1.47. The van der Waals surface area contributed by atoms with E-state index in [1.807, 2.05) is 20.8 Å². The summed E-state index contributed by atoms with van der Waals surface area (Å²) in [7, 11) is 0. The molecule has 0 amide bonds. The van der Waals surface area contributed by atoms with Gasteiger partial charge in [0, 0.05) is 13.1 Å². The number of rotatable bonds is 5. The van der Waals surface area contributed by atoms with Crippen LogP contribution < -0.4 is 5.73 Å². The maximum absolute atomic E-state index is 14.6. The van der Waals surface area contributed by atoms with E-state index in [-0.39, 0.29) is 12.5 Å². The van der Waals surface area contributed by atoms with Gasteiger partial charge < -0.3 is 5.73 Å². The molecule has 0 radical (unpaired) electrons. The normalized spacial score (nSPS) is 15.6. The minimum absolute atomic E-state index is 0.0399. The molecule has 5 heteroatoms. The molecule has 1 aromatic heterocycles. The first-order chi connectivity index (χ1) is 7.06. The van der Waals surface area contributed by atoms with Crippen molar-refractivity contribution >= 4 is 0 Å². The van der Waals surface area contributed by atoms with Crippen molar-refractivity contribution in [1.29, 1.82) is 0 Å². The van der Waals surface area contributed by atoms with Crippen LogP contribution in [-0.2, 0) is 12.2 Å². The Morgan fingerprint density at radius 3 is 2.73 bits per heavy atom. The lowest BCUT2D eigenvalue weighted by Crippen LogP contribution is -2.37. The third-order valence-electron chi connectivity index (χ3n) is 2.69. The SMILES string of the molecule is CCCn1nncc1C(F)(CN)C(C)C. The van der Waals surface area contributed by atoms with Gasteiger partial charge in [0.2, 0.25) is 0 Å².